The zero-order valence-electron chi connectivity index (χ0n) is 9.69. The van der Waals surface area contributed by atoms with Gasteiger partial charge in [-0.15, -0.1) is 11.3 Å². The molecule has 1 aromatic carbocycles. The van der Waals surface area contributed by atoms with Crippen molar-refractivity contribution in [2.24, 2.45) is 0 Å². The van der Waals surface area contributed by atoms with Gasteiger partial charge in [-0.05, 0) is 63.4 Å². The number of thiophene rings is 1. The second kappa shape index (κ2) is 6.36. The number of halogens is 2. The van der Waals surface area contributed by atoms with Crippen LogP contribution in [-0.2, 0) is 6.42 Å². The SMILES string of the molecule is COc1ccc(Br)c(CC(O)c2csc(I)c2)c1. The molecule has 1 unspecified atom stereocenters. The third-order valence-corrected chi connectivity index (χ3v) is 5.22. The zero-order chi connectivity index (χ0) is 13.1. The third kappa shape index (κ3) is 3.46. The summed E-state index contributed by atoms with van der Waals surface area (Å²) in [5, 5.41) is 12.2. The summed E-state index contributed by atoms with van der Waals surface area (Å²) in [6.07, 6.45) is 0.0955. The van der Waals surface area contributed by atoms with Gasteiger partial charge in [0.25, 0.3) is 0 Å². The molecule has 2 nitrogen and oxygen atoms in total. The second-order valence-corrected chi connectivity index (χ2v) is 7.52. The Morgan fingerprint density at radius 3 is 2.83 bits per heavy atom. The van der Waals surface area contributed by atoms with Crippen LogP contribution >= 0.6 is 49.9 Å². The highest BCUT2D eigenvalue weighted by molar-refractivity contribution is 14.1. The first kappa shape index (κ1) is 14.3. The first-order valence-corrected chi connectivity index (χ1v) is 8.09. The van der Waals surface area contributed by atoms with Gasteiger partial charge in [-0.3, -0.25) is 0 Å². The van der Waals surface area contributed by atoms with Gasteiger partial charge in [-0.25, -0.2) is 0 Å². The molecule has 2 rings (SSSR count). The molecule has 18 heavy (non-hydrogen) atoms. The third-order valence-electron chi connectivity index (χ3n) is 2.64. The lowest BCUT2D eigenvalue weighted by molar-refractivity contribution is 0.178. The van der Waals surface area contributed by atoms with Crippen LogP contribution in [-0.4, -0.2) is 12.2 Å². The minimum absolute atomic E-state index is 0.479. The summed E-state index contributed by atoms with van der Waals surface area (Å²) in [5.41, 5.74) is 2.02. The van der Waals surface area contributed by atoms with Crippen LogP contribution in [0.3, 0.4) is 0 Å². The first-order chi connectivity index (χ1) is 8.60. The Bertz CT molecular complexity index is 542. The lowest BCUT2D eigenvalue weighted by Crippen LogP contribution is -2.01. The number of benzene rings is 1. The number of hydrogen-bond donors (Lipinski definition) is 1. The van der Waals surface area contributed by atoms with Crippen molar-refractivity contribution >= 4 is 49.9 Å². The summed E-state index contributed by atoms with van der Waals surface area (Å²) in [5.74, 6) is 0.806. The Labute approximate surface area is 132 Å². The zero-order valence-corrected chi connectivity index (χ0v) is 14.3. The molecule has 0 saturated carbocycles. The number of aliphatic hydroxyl groups is 1. The highest BCUT2D eigenvalue weighted by Gasteiger charge is 2.13. The van der Waals surface area contributed by atoms with E-state index in [1.165, 1.54) is 2.88 Å². The minimum Gasteiger partial charge on any atom is -0.497 e. The van der Waals surface area contributed by atoms with Crippen molar-refractivity contribution in [2.75, 3.05) is 7.11 Å². The van der Waals surface area contributed by atoms with E-state index >= 15 is 0 Å². The van der Waals surface area contributed by atoms with E-state index < -0.39 is 6.10 Å². The monoisotopic (exact) mass is 438 g/mol. The predicted octanol–water partition coefficient (Wildman–Crippen LogP) is 4.40. The maximum atomic E-state index is 10.2. The van der Waals surface area contributed by atoms with E-state index in [0.29, 0.717) is 6.42 Å². The fraction of sp³-hybridized carbons (Fsp3) is 0.231. The molecule has 2 aromatic rings. The average molecular weight is 439 g/mol. The maximum absolute atomic E-state index is 10.2. The molecule has 1 N–H and O–H groups in total. The molecular formula is C13H12BrIO2S. The Morgan fingerprint density at radius 2 is 2.22 bits per heavy atom. The molecule has 0 bridgehead atoms. The van der Waals surface area contributed by atoms with Crippen molar-refractivity contribution in [3.63, 3.8) is 0 Å². The van der Waals surface area contributed by atoms with Crippen molar-refractivity contribution in [2.45, 2.75) is 12.5 Å². The van der Waals surface area contributed by atoms with Gasteiger partial charge >= 0.3 is 0 Å². The predicted molar refractivity (Wildman–Crippen MR) is 86.4 cm³/mol. The fourth-order valence-electron chi connectivity index (χ4n) is 1.66. The summed E-state index contributed by atoms with van der Waals surface area (Å²) in [4.78, 5) is 0. The average Bonchev–Trinajstić information content (AvgIpc) is 2.79. The second-order valence-electron chi connectivity index (χ2n) is 3.86. The molecule has 0 aliphatic carbocycles. The van der Waals surface area contributed by atoms with Crippen LogP contribution in [0.5, 0.6) is 5.75 Å². The van der Waals surface area contributed by atoms with Crippen LogP contribution < -0.4 is 4.74 Å². The number of aliphatic hydroxyl groups excluding tert-OH is 1. The lowest BCUT2D eigenvalue weighted by Gasteiger charge is -2.11. The largest absolute Gasteiger partial charge is 0.497 e. The van der Waals surface area contributed by atoms with Crippen LogP contribution in [0.2, 0.25) is 0 Å². The van der Waals surface area contributed by atoms with Crippen LogP contribution in [0, 0.1) is 2.88 Å². The fourth-order valence-corrected chi connectivity index (χ4v) is 3.49. The van der Waals surface area contributed by atoms with Gasteiger partial charge in [0, 0.05) is 10.9 Å². The Morgan fingerprint density at radius 1 is 1.44 bits per heavy atom. The van der Waals surface area contributed by atoms with E-state index in [-0.39, 0.29) is 0 Å². The standard InChI is InChI=1S/C13H12BrIO2S/c1-17-10-2-3-11(14)8(4-10)5-12(16)9-6-13(15)18-7-9/h2-4,6-7,12,16H,5H2,1H3. The molecule has 1 heterocycles. The van der Waals surface area contributed by atoms with Gasteiger partial charge in [0.1, 0.15) is 5.75 Å². The molecule has 96 valence electrons. The molecule has 5 heteroatoms. The molecule has 1 atom stereocenters. The Kier molecular flexibility index (Phi) is 5.06. The molecule has 0 fully saturated rings. The van der Waals surface area contributed by atoms with Gasteiger partial charge in [-0.2, -0.15) is 0 Å². The molecule has 0 amide bonds. The number of rotatable bonds is 4. The summed E-state index contributed by atoms with van der Waals surface area (Å²) < 4.78 is 7.38. The number of methoxy groups -OCH3 is 1. The van der Waals surface area contributed by atoms with Gasteiger partial charge < -0.3 is 9.84 Å². The van der Waals surface area contributed by atoms with E-state index in [2.05, 4.69) is 38.5 Å². The van der Waals surface area contributed by atoms with Gasteiger partial charge in [-0.1, -0.05) is 15.9 Å². The molecule has 0 spiro atoms. The van der Waals surface area contributed by atoms with E-state index in [0.717, 1.165) is 21.3 Å². The number of hydrogen-bond acceptors (Lipinski definition) is 3. The van der Waals surface area contributed by atoms with E-state index in [9.17, 15) is 5.11 Å². The van der Waals surface area contributed by atoms with E-state index in [1.807, 2.05) is 29.6 Å². The van der Waals surface area contributed by atoms with Crippen LogP contribution in [0.25, 0.3) is 0 Å². The van der Waals surface area contributed by atoms with E-state index in [4.69, 9.17) is 4.74 Å². The highest BCUT2D eigenvalue weighted by atomic mass is 127. The Balaban J connectivity index is 2.18. The van der Waals surface area contributed by atoms with Gasteiger partial charge in [0.2, 0.25) is 0 Å². The molecule has 0 radical (unpaired) electrons. The van der Waals surface area contributed by atoms with Crippen molar-refractivity contribution in [3.05, 3.63) is 48.1 Å². The summed E-state index contributed by atoms with van der Waals surface area (Å²) in [6.45, 7) is 0. The van der Waals surface area contributed by atoms with Crippen molar-refractivity contribution in [1.29, 1.82) is 0 Å². The van der Waals surface area contributed by atoms with Crippen molar-refractivity contribution < 1.29 is 9.84 Å². The molecular weight excluding hydrogens is 427 g/mol. The van der Waals surface area contributed by atoms with E-state index in [1.54, 1.807) is 18.4 Å². The van der Waals surface area contributed by atoms with Crippen molar-refractivity contribution in [3.8, 4) is 5.75 Å². The lowest BCUT2D eigenvalue weighted by atomic mass is 10.0. The molecule has 1 aromatic heterocycles. The topological polar surface area (TPSA) is 29.5 Å². The summed E-state index contributed by atoms with van der Waals surface area (Å²) in [6, 6.07) is 7.81. The minimum atomic E-state index is -0.479. The smallest absolute Gasteiger partial charge is 0.119 e. The first-order valence-electron chi connectivity index (χ1n) is 5.34. The van der Waals surface area contributed by atoms with Crippen LogP contribution in [0.1, 0.15) is 17.2 Å². The normalized spacial score (nSPS) is 12.4. The quantitative estimate of drug-likeness (QED) is 0.717. The van der Waals surface area contributed by atoms with Gasteiger partial charge in [0.05, 0.1) is 16.1 Å². The summed E-state index contributed by atoms with van der Waals surface area (Å²) >= 11 is 7.41. The summed E-state index contributed by atoms with van der Waals surface area (Å²) in [7, 11) is 1.64. The van der Waals surface area contributed by atoms with Crippen molar-refractivity contribution in [1.82, 2.24) is 0 Å². The molecule has 0 saturated heterocycles. The Hall–Kier alpha value is -0.110. The van der Waals surface area contributed by atoms with Crippen LogP contribution in [0.4, 0.5) is 0 Å². The number of ether oxygens (including phenoxy) is 1. The highest BCUT2D eigenvalue weighted by Crippen LogP contribution is 2.29. The van der Waals surface area contributed by atoms with Crippen LogP contribution in [0.15, 0.2) is 34.1 Å². The van der Waals surface area contributed by atoms with Gasteiger partial charge in [0.15, 0.2) is 0 Å². The molecule has 0 aliphatic heterocycles. The molecule has 0 aliphatic rings. The maximum Gasteiger partial charge on any atom is 0.119 e.